The Morgan fingerprint density at radius 2 is 1.63 bits per heavy atom. The summed E-state index contributed by atoms with van der Waals surface area (Å²) in [5, 5.41) is 2.90. The molecule has 3 aromatic rings. The summed E-state index contributed by atoms with van der Waals surface area (Å²) in [5.74, 6) is -0.704. The summed E-state index contributed by atoms with van der Waals surface area (Å²) in [6, 6.07) is 22.0. The molecule has 0 aliphatic rings. The van der Waals surface area contributed by atoms with Crippen LogP contribution in [0.25, 0.3) is 0 Å². The van der Waals surface area contributed by atoms with Crippen LogP contribution in [0.15, 0.2) is 83.8 Å². The second-order valence-corrected chi connectivity index (χ2v) is 12.1. The van der Waals surface area contributed by atoms with Gasteiger partial charge >= 0.3 is 0 Å². The van der Waals surface area contributed by atoms with Gasteiger partial charge in [0, 0.05) is 16.7 Å². The Bertz CT molecular complexity index is 1330. The van der Waals surface area contributed by atoms with Crippen LogP contribution < -0.4 is 9.62 Å². The van der Waals surface area contributed by atoms with Crippen molar-refractivity contribution in [3.8, 4) is 0 Å². The number of anilines is 1. The Balaban J connectivity index is 2.03. The van der Waals surface area contributed by atoms with Gasteiger partial charge in [-0.2, -0.15) is 0 Å². The number of amides is 2. The second-order valence-electron chi connectivity index (χ2n) is 9.03. The zero-order valence-corrected chi connectivity index (χ0v) is 24.9. The highest BCUT2D eigenvalue weighted by molar-refractivity contribution is 14.1. The van der Waals surface area contributed by atoms with Crippen molar-refractivity contribution in [2.75, 3.05) is 17.4 Å². The van der Waals surface area contributed by atoms with E-state index in [2.05, 4.69) is 27.9 Å². The monoisotopic (exact) mass is 647 g/mol. The lowest BCUT2D eigenvalue weighted by molar-refractivity contribution is -0.140. The fourth-order valence-corrected chi connectivity index (χ4v) is 5.94. The summed E-state index contributed by atoms with van der Waals surface area (Å²) in [7, 11) is -4.06. The maximum atomic E-state index is 14.0. The Morgan fingerprint density at radius 3 is 2.24 bits per heavy atom. The first kappa shape index (κ1) is 29.6. The molecule has 0 heterocycles. The van der Waals surface area contributed by atoms with Gasteiger partial charge in [0.15, 0.2) is 0 Å². The molecule has 1 unspecified atom stereocenters. The van der Waals surface area contributed by atoms with Crippen molar-refractivity contribution in [1.82, 2.24) is 10.2 Å². The molecule has 0 aliphatic carbocycles. The number of carbonyl (C=O) groups excluding carboxylic acids is 2. The first-order valence-corrected chi connectivity index (χ1v) is 15.1. The molecule has 0 fully saturated rings. The van der Waals surface area contributed by atoms with Crippen LogP contribution in [0.1, 0.15) is 37.8 Å². The number of aryl methyl sites for hydroxylation is 1. The van der Waals surface area contributed by atoms with Gasteiger partial charge in [-0.05, 0) is 84.3 Å². The van der Waals surface area contributed by atoms with Crippen molar-refractivity contribution in [2.24, 2.45) is 0 Å². The third kappa shape index (κ3) is 7.57. The molecule has 0 saturated heterocycles. The van der Waals surface area contributed by atoms with Crippen molar-refractivity contribution in [2.45, 2.75) is 51.1 Å². The number of nitrogens with zero attached hydrogens (tertiary/aromatic N) is 2. The Kier molecular flexibility index (Phi) is 10.7. The van der Waals surface area contributed by atoms with E-state index in [0.717, 1.165) is 25.4 Å². The molecule has 202 valence electrons. The number of benzene rings is 3. The van der Waals surface area contributed by atoms with E-state index in [1.165, 1.54) is 17.0 Å². The van der Waals surface area contributed by atoms with Gasteiger partial charge in [-0.1, -0.05) is 61.9 Å². The first-order chi connectivity index (χ1) is 18.2. The SMILES string of the molecule is CCCNC(=O)C(CC)N(Cc1cccc(C)c1)C(=O)CN(c1ccc(I)cc1)S(=O)(=O)c1ccccc1. The number of sulfonamides is 1. The number of nitrogens with one attached hydrogen (secondary N) is 1. The van der Waals surface area contributed by atoms with Crippen molar-refractivity contribution in [3.63, 3.8) is 0 Å². The molecule has 1 N–H and O–H groups in total. The molecule has 0 radical (unpaired) electrons. The zero-order chi connectivity index (χ0) is 27.7. The van der Waals surface area contributed by atoms with Gasteiger partial charge in [-0.3, -0.25) is 13.9 Å². The Labute approximate surface area is 239 Å². The lowest BCUT2D eigenvalue weighted by Crippen LogP contribution is -2.52. The van der Waals surface area contributed by atoms with Crippen LogP contribution in [0.5, 0.6) is 0 Å². The largest absolute Gasteiger partial charge is 0.354 e. The first-order valence-electron chi connectivity index (χ1n) is 12.6. The van der Waals surface area contributed by atoms with E-state index in [1.54, 1.807) is 42.5 Å². The number of carbonyl (C=O) groups is 2. The molecule has 9 heteroatoms. The summed E-state index contributed by atoms with van der Waals surface area (Å²) in [5.41, 5.74) is 2.28. The molecule has 7 nitrogen and oxygen atoms in total. The standard InChI is InChI=1S/C29H34IN3O4S/c1-4-18-31-29(35)27(5-2)32(20-23-11-9-10-22(3)19-23)28(34)21-33(25-16-14-24(30)15-17-25)38(36,37)26-12-7-6-8-13-26/h6-17,19,27H,4-5,18,20-21H2,1-3H3,(H,31,35). The van der Waals surface area contributed by atoms with Crippen LogP contribution in [0.4, 0.5) is 5.69 Å². The van der Waals surface area contributed by atoms with Crippen LogP contribution in [0.3, 0.4) is 0 Å². The molecule has 0 bridgehead atoms. The highest BCUT2D eigenvalue weighted by Crippen LogP contribution is 2.25. The van der Waals surface area contributed by atoms with Crippen LogP contribution in [-0.2, 0) is 26.2 Å². The second kappa shape index (κ2) is 13.7. The molecule has 0 saturated carbocycles. The minimum atomic E-state index is -4.06. The average molecular weight is 648 g/mol. The number of hydrogen-bond donors (Lipinski definition) is 1. The minimum Gasteiger partial charge on any atom is -0.354 e. The highest BCUT2D eigenvalue weighted by Gasteiger charge is 2.33. The van der Waals surface area contributed by atoms with Crippen LogP contribution in [0.2, 0.25) is 0 Å². The normalized spacial score (nSPS) is 12.0. The van der Waals surface area contributed by atoms with Gasteiger partial charge in [-0.15, -0.1) is 0 Å². The summed E-state index contributed by atoms with van der Waals surface area (Å²) in [6.07, 6.45) is 1.16. The summed E-state index contributed by atoms with van der Waals surface area (Å²) < 4.78 is 29.6. The molecule has 3 aromatic carbocycles. The Hall–Kier alpha value is -2.92. The lowest BCUT2D eigenvalue weighted by atomic mass is 10.1. The maximum absolute atomic E-state index is 14.0. The molecule has 1 atom stereocenters. The number of halogens is 1. The van der Waals surface area contributed by atoms with Gasteiger partial charge in [0.05, 0.1) is 10.6 Å². The van der Waals surface area contributed by atoms with Crippen LogP contribution in [0, 0.1) is 10.5 Å². The van der Waals surface area contributed by atoms with Gasteiger partial charge < -0.3 is 10.2 Å². The third-order valence-electron chi connectivity index (χ3n) is 6.10. The molecule has 38 heavy (non-hydrogen) atoms. The topological polar surface area (TPSA) is 86.8 Å². The highest BCUT2D eigenvalue weighted by atomic mass is 127. The number of hydrogen-bond acceptors (Lipinski definition) is 4. The van der Waals surface area contributed by atoms with E-state index in [4.69, 9.17) is 0 Å². The van der Waals surface area contributed by atoms with Gasteiger partial charge in [0.25, 0.3) is 10.0 Å². The van der Waals surface area contributed by atoms with E-state index in [9.17, 15) is 18.0 Å². The summed E-state index contributed by atoms with van der Waals surface area (Å²) in [6.45, 7) is 6.02. The van der Waals surface area contributed by atoms with Gasteiger partial charge in [0.2, 0.25) is 11.8 Å². The minimum absolute atomic E-state index is 0.0873. The predicted octanol–water partition coefficient (Wildman–Crippen LogP) is 5.13. The van der Waals surface area contributed by atoms with Crippen LogP contribution in [-0.4, -0.2) is 44.3 Å². The fourth-order valence-electron chi connectivity index (χ4n) is 4.15. The smallest absolute Gasteiger partial charge is 0.264 e. The van der Waals surface area contributed by atoms with E-state index in [-0.39, 0.29) is 17.3 Å². The van der Waals surface area contributed by atoms with E-state index in [0.29, 0.717) is 18.7 Å². The molecule has 3 rings (SSSR count). The van der Waals surface area contributed by atoms with Crippen LogP contribution >= 0.6 is 22.6 Å². The molecule has 0 spiro atoms. The molecule has 2 amide bonds. The van der Waals surface area contributed by atoms with Gasteiger partial charge in [-0.25, -0.2) is 8.42 Å². The summed E-state index contributed by atoms with van der Waals surface area (Å²) in [4.78, 5) is 28.7. The molecular formula is C29H34IN3O4S. The van der Waals surface area contributed by atoms with Crippen molar-refractivity contribution in [3.05, 3.63) is 93.6 Å². The van der Waals surface area contributed by atoms with E-state index >= 15 is 0 Å². The zero-order valence-electron chi connectivity index (χ0n) is 21.9. The molecule has 0 aliphatic heterocycles. The molecular weight excluding hydrogens is 613 g/mol. The average Bonchev–Trinajstić information content (AvgIpc) is 2.91. The van der Waals surface area contributed by atoms with Crippen molar-refractivity contribution < 1.29 is 18.0 Å². The van der Waals surface area contributed by atoms with Crippen molar-refractivity contribution >= 4 is 50.1 Å². The fraction of sp³-hybridized carbons (Fsp3) is 0.310. The quantitative estimate of drug-likeness (QED) is 0.277. The maximum Gasteiger partial charge on any atom is 0.264 e. The number of rotatable bonds is 12. The van der Waals surface area contributed by atoms with E-state index < -0.39 is 28.5 Å². The van der Waals surface area contributed by atoms with Gasteiger partial charge in [0.1, 0.15) is 12.6 Å². The molecule has 0 aromatic heterocycles. The predicted molar refractivity (Wildman–Crippen MR) is 159 cm³/mol. The van der Waals surface area contributed by atoms with Crippen molar-refractivity contribution in [1.29, 1.82) is 0 Å². The summed E-state index contributed by atoms with van der Waals surface area (Å²) >= 11 is 2.15. The third-order valence-corrected chi connectivity index (χ3v) is 8.60. The Morgan fingerprint density at radius 1 is 0.947 bits per heavy atom. The van der Waals surface area contributed by atoms with E-state index in [1.807, 2.05) is 45.0 Å². The lowest BCUT2D eigenvalue weighted by Gasteiger charge is -2.33.